The van der Waals surface area contributed by atoms with E-state index in [1.807, 2.05) is 37.3 Å². The Hall–Kier alpha value is -2.18. The number of rotatable bonds is 3. The predicted octanol–water partition coefficient (Wildman–Crippen LogP) is 2.28. The third-order valence-corrected chi connectivity index (χ3v) is 5.28. The van der Waals surface area contributed by atoms with Gasteiger partial charge in [0.1, 0.15) is 6.61 Å². The zero-order chi connectivity index (χ0) is 17.4. The maximum Gasteiger partial charge on any atom is 0.411 e. The summed E-state index contributed by atoms with van der Waals surface area (Å²) in [6.07, 6.45) is 3.39. The Morgan fingerprint density at radius 3 is 2.72 bits per heavy atom. The largest absolute Gasteiger partial charge is 0.445 e. The maximum absolute atomic E-state index is 12.7. The first-order valence-corrected chi connectivity index (χ1v) is 8.57. The third kappa shape index (κ3) is 2.85. The van der Waals surface area contributed by atoms with Gasteiger partial charge in [-0.2, -0.15) is 0 Å². The van der Waals surface area contributed by atoms with E-state index < -0.39 is 17.9 Å². The van der Waals surface area contributed by atoms with Crippen molar-refractivity contribution >= 4 is 11.9 Å². The summed E-state index contributed by atoms with van der Waals surface area (Å²) in [6, 6.07) is 8.73. The Bertz CT molecular complexity index is 695. The molecule has 3 atom stereocenters. The fourth-order valence-corrected chi connectivity index (χ4v) is 3.99. The second-order valence-electron chi connectivity index (χ2n) is 6.77. The number of fused-ring (bicyclic) bond motifs is 2. The van der Waals surface area contributed by atoms with Crippen LogP contribution >= 0.6 is 0 Å². The molecular weight excluding hydrogens is 322 g/mol. The first-order chi connectivity index (χ1) is 12.1. The molecule has 2 bridgehead atoms. The van der Waals surface area contributed by atoms with Crippen LogP contribution in [0.4, 0.5) is 4.79 Å². The lowest BCUT2D eigenvalue weighted by atomic mass is 9.91. The number of ketones is 1. The predicted molar refractivity (Wildman–Crippen MR) is 88.6 cm³/mol. The number of nitrogens with zero attached hydrogens (tertiary/aromatic N) is 1. The van der Waals surface area contributed by atoms with Gasteiger partial charge in [-0.3, -0.25) is 9.69 Å². The van der Waals surface area contributed by atoms with E-state index in [1.54, 1.807) is 17.1 Å². The number of benzene rings is 1. The van der Waals surface area contributed by atoms with Crippen LogP contribution in [-0.4, -0.2) is 47.9 Å². The van der Waals surface area contributed by atoms with E-state index in [4.69, 9.17) is 14.2 Å². The summed E-state index contributed by atoms with van der Waals surface area (Å²) in [4.78, 5) is 26.5. The van der Waals surface area contributed by atoms with Crippen molar-refractivity contribution in [3.63, 3.8) is 0 Å². The Morgan fingerprint density at radius 2 is 2.00 bits per heavy atom. The number of carbonyl (C=O) groups excluding carboxylic acids is 2. The molecule has 1 amide bonds. The average Bonchev–Trinajstić information content (AvgIpc) is 3.19. The highest BCUT2D eigenvalue weighted by atomic mass is 16.7. The summed E-state index contributed by atoms with van der Waals surface area (Å²) in [5.74, 6) is -0.934. The van der Waals surface area contributed by atoms with Crippen LogP contribution in [0, 0.1) is 5.92 Å². The van der Waals surface area contributed by atoms with Gasteiger partial charge in [-0.1, -0.05) is 36.4 Å². The molecule has 2 saturated heterocycles. The normalized spacial score (nSPS) is 29.9. The van der Waals surface area contributed by atoms with E-state index in [9.17, 15) is 9.59 Å². The first kappa shape index (κ1) is 16.3. The minimum absolute atomic E-state index is 0.0722. The number of ether oxygens (including phenoxy) is 3. The average molecular weight is 343 g/mol. The van der Waals surface area contributed by atoms with Crippen molar-refractivity contribution in [2.75, 3.05) is 13.2 Å². The smallest absolute Gasteiger partial charge is 0.411 e. The van der Waals surface area contributed by atoms with Gasteiger partial charge in [-0.05, 0) is 25.0 Å². The lowest BCUT2D eigenvalue weighted by molar-refractivity contribution is -0.182. The molecular formula is C19H21NO5. The van der Waals surface area contributed by atoms with E-state index in [0.29, 0.717) is 19.6 Å². The number of carbonyl (C=O) groups is 2. The quantitative estimate of drug-likeness (QED) is 0.842. The van der Waals surface area contributed by atoms with Crippen LogP contribution in [0.25, 0.3) is 0 Å². The van der Waals surface area contributed by atoms with Crippen molar-refractivity contribution in [1.82, 2.24) is 4.90 Å². The zero-order valence-electron chi connectivity index (χ0n) is 14.1. The molecule has 6 heteroatoms. The molecule has 2 fully saturated rings. The topological polar surface area (TPSA) is 65.1 Å². The second kappa shape index (κ2) is 6.28. The molecule has 1 aromatic carbocycles. The molecule has 0 aliphatic carbocycles. The molecule has 3 aliphatic heterocycles. The Balaban J connectivity index is 1.51. The molecule has 4 rings (SSSR count). The Morgan fingerprint density at radius 1 is 1.28 bits per heavy atom. The molecule has 6 nitrogen and oxygen atoms in total. The molecule has 0 spiro atoms. The van der Waals surface area contributed by atoms with Crippen molar-refractivity contribution in [2.24, 2.45) is 5.92 Å². The van der Waals surface area contributed by atoms with Crippen LogP contribution in [0.5, 0.6) is 0 Å². The van der Waals surface area contributed by atoms with Gasteiger partial charge < -0.3 is 14.2 Å². The highest BCUT2D eigenvalue weighted by molar-refractivity contribution is 5.98. The number of amides is 1. The summed E-state index contributed by atoms with van der Waals surface area (Å²) >= 11 is 0. The van der Waals surface area contributed by atoms with E-state index in [1.165, 1.54) is 0 Å². The van der Waals surface area contributed by atoms with Crippen molar-refractivity contribution in [1.29, 1.82) is 0 Å². The highest BCUT2D eigenvalue weighted by Gasteiger charge is 2.56. The van der Waals surface area contributed by atoms with Gasteiger partial charge in [0.15, 0.2) is 11.6 Å². The summed E-state index contributed by atoms with van der Waals surface area (Å²) in [6.45, 7) is 3.13. The van der Waals surface area contributed by atoms with Crippen LogP contribution in [0.1, 0.15) is 18.9 Å². The molecule has 2 unspecified atom stereocenters. The van der Waals surface area contributed by atoms with Gasteiger partial charge in [-0.15, -0.1) is 0 Å². The molecule has 25 heavy (non-hydrogen) atoms. The van der Waals surface area contributed by atoms with Gasteiger partial charge >= 0.3 is 6.09 Å². The molecule has 0 saturated carbocycles. The van der Waals surface area contributed by atoms with Crippen LogP contribution < -0.4 is 0 Å². The first-order valence-electron chi connectivity index (χ1n) is 8.57. The van der Waals surface area contributed by atoms with Gasteiger partial charge in [0.2, 0.25) is 0 Å². The summed E-state index contributed by atoms with van der Waals surface area (Å²) in [7, 11) is 0. The van der Waals surface area contributed by atoms with Crippen LogP contribution in [0.3, 0.4) is 0 Å². The number of hydrogen-bond acceptors (Lipinski definition) is 5. The van der Waals surface area contributed by atoms with Crippen molar-refractivity contribution in [3.8, 4) is 0 Å². The lowest BCUT2D eigenvalue weighted by Gasteiger charge is -2.35. The van der Waals surface area contributed by atoms with Crippen molar-refractivity contribution in [3.05, 3.63) is 48.0 Å². The number of hydrogen-bond donors (Lipinski definition) is 0. The van der Waals surface area contributed by atoms with Gasteiger partial charge in [-0.25, -0.2) is 4.79 Å². The second-order valence-corrected chi connectivity index (χ2v) is 6.77. The zero-order valence-corrected chi connectivity index (χ0v) is 14.1. The fourth-order valence-electron chi connectivity index (χ4n) is 3.99. The van der Waals surface area contributed by atoms with Crippen molar-refractivity contribution in [2.45, 2.75) is 37.8 Å². The van der Waals surface area contributed by atoms with E-state index in [2.05, 4.69) is 0 Å². The van der Waals surface area contributed by atoms with E-state index in [-0.39, 0.29) is 24.3 Å². The lowest BCUT2D eigenvalue weighted by Crippen LogP contribution is -2.49. The molecule has 3 aliphatic rings. The molecule has 0 aromatic heterocycles. The van der Waals surface area contributed by atoms with Gasteiger partial charge in [0.05, 0.1) is 25.3 Å². The minimum Gasteiger partial charge on any atom is -0.445 e. The monoisotopic (exact) mass is 343 g/mol. The molecule has 0 radical (unpaired) electrons. The summed E-state index contributed by atoms with van der Waals surface area (Å²) in [5.41, 5.74) is 0.910. The van der Waals surface area contributed by atoms with Crippen LogP contribution in [0.2, 0.25) is 0 Å². The maximum atomic E-state index is 12.7. The Kier molecular flexibility index (Phi) is 4.09. The fraction of sp³-hybridized carbons (Fsp3) is 0.474. The minimum atomic E-state index is -0.771. The molecule has 1 aromatic rings. The third-order valence-electron chi connectivity index (χ3n) is 5.28. The van der Waals surface area contributed by atoms with Gasteiger partial charge in [0, 0.05) is 5.92 Å². The standard InChI is InChI=1S/C19H21NO5/c1-19(24-9-10-25-19)14-11-16-17(21)8-7-15(14)20(16)18(22)23-12-13-5-3-2-4-6-13/h2-8,14-16H,9-12H2,1H3/t14?,15-,16?/m0/s1. The Labute approximate surface area is 146 Å². The molecule has 132 valence electrons. The molecule has 0 N–H and O–H groups in total. The van der Waals surface area contributed by atoms with Crippen LogP contribution in [0.15, 0.2) is 42.5 Å². The highest BCUT2D eigenvalue weighted by Crippen LogP contribution is 2.44. The van der Waals surface area contributed by atoms with Gasteiger partial charge in [0.25, 0.3) is 0 Å². The van der Waals surface area contributed by atoms with E-state index in [0.717, 1.165) is 5.56 Å². The summed E-state index contributed by atoms with van der Waals surface area (Å²) < 4.78 is 17.0. The van der Waals surface area contributed by atoms with E-state index >= 15 is 0 Å². The summed E-state index contributed by atoms with van der Waals surface area (Å²) in [5, 5.41) is 0. The van der Waals surface area contributed by atoms with Crippen molar-refractivity contribution < 1.29 is 23.8 Å². The van der Waals surface area contributed by atoms with Crippen LogP contribution in [-0.2, 0) is 25.6 Å². The SMILES string of the molecule is CC1(C2CC3C(=O)C=C[C@@H]2N3C(=O)OCc2ccccc2)OCCO1. The molecule has 3 heterocycles.